The summed E-state index contributed by atoms with van der Waals surface area (Å²) in [5.74, 6) is 0. The molecule has 0 spiro atoms. The Labute approximate surface area is 192 Å². The summed E-state index contributed by atoms with van der Waals surface area (Å²) in [6.45, 7) is 25.3. The van der Waals surface area contributed by atoms with Gasteiger partial charge in [0.05, 0.1) is 0 Å². The molecule has 0 saturated heterocycles. The average molecular weight is 419 g/mol. The van der Waals surface area contributed by atoms with E-state index >= 15 is 0 Å². The third-order valence-corrected chi connectivity index (χ3v) is 4.93. The van der Waals surface area contributed by atoms with Crippen LogP contribution in [0.25, 0.3) is 32.3 Å². The number of aryl methyl sites for hydroxylation is 1. The Hall–Kier alpha value is -2.34. The van der Waals surface area contributed by atoms with Crippen LogP contribution in [0.15, 0.2) is 60.7 Å². The Kier molecular flexibility index (Phi) is 12.8. The number of fused-ring (bicyclic) bond motifs is 5. The SMILES string of the molecule is CC.CC.CC.CC.Cc1c(C(C)(C)C)c2c3ccccc3ccc2c2ccccc12. The van der Waals surface area contributed by atoms with E-state index in [2.05, 4.69) is 88.4 Å². The lowest BCUT2D eigenvalue weighted by Crippen LogP contribution is -2.14. The number of benzene rings is 4. The summed E-state index contributed by atoms with van der Waals surface area (Å²) in [4.78, 5) is 0. The first-order chi connectivity index (χ1) is 15.0. The van der Waals surface area contributed by atoms with Gasteiger partial charge >= 0.3 is 0 Å². The van der Waals surface area contributed by atoms with Crippen LogP contribution in [0.1, 0.15) is 87.3 Å². The Balaban J connectivity index is 0.00000102. The topological polar surface area (TPSA) is 0 Å². The molecule has 0 aliphatic carbocycles. The van der Waals surface area contributed by atoms with Gasteiger partial charge < -0.3 is 0 Å². The van der Waals surface area contributed by atoms with E-state index in [-0.39, 0.29) is 5.41 Å². The lowest BCUT2D eigenvalue weighted by Gasteiger charge is -2.26. The molecular weight excluding hydrogens is 372 g/mol. The zero-order chi connectivity index (χ0) is 24.2. The largest absolute Gasteiger partial charge is 0.0683 e. The molecule has 0 heterocycles. The van der Waals surface area contributed by atoms with Crippen LogP contribution >= 0.6 is 0 Å². The Morgan fingerprint density at radius 1 is 0.484 bits per heavy atom. The first-order valence-electron chi connectivity index (χ1n) is 12.3. The highest BCUT2D eigenvalue weighted by atomic mass is 14.3. The third kappa shape index (κ3) is 6.10. The maximum atomic E-state index is 2.32. The molecule has 170 valence electrons. The second-order valence-electron chi connectivity index (χ2n) is 7.50. The van der Waals surface area contributed by atoms with Crippen molar-refractivity contribution in [2.45, 2.75) is 88.5 Å². The standard InChI is InChI=1S/C23H22.4C2H6/c1-15-17-10-7-8-12-19(17)20-14-13-16-9-5-6-11-18(16)21(20)22(15)23(2,3)4;4*1-2/h5-14H,1-4H3;4*1-2H3. The van der Waals surface area contributed by atoms with Crippen molar-refractivity contribution in [3.8, 4) is 0 Å². The van der Waals surface area contributed by atoms with E-state index < -0.39 is 0 Å². The minimum Gasteiger partial charge on any atom is -0.0683 e. The number of hydrogen-bond donors (Lipinski definition) is 0. The minimum absolute atomic E-state index is 0.108. The smallest absolute Gasteiger partial charge is 0.00589 e. The summed E-state index contributed by atoms with van der Waals surface area (Å²) in [6, 6.07) is 22.1. The van der Waals surface area contributed by atoms with Crippen LogP contribution in [-0.4, -0.2) is 0 Å². The molecule has 0 bridgehead atoms. The Bertz CT molecular complexity index is 1050. The highest BCUT2D eigenvalue weighted by Crippen LogP contribution is 2.41. The van der Waals surface area contributed by atoms with Crippen molar-refractivity contribution < 1.29 is 0 Å². The van der Waals surface area contributed by atoms with Gasteiger partial charge in [-0.3, -0.25) is 0 Å². The normalized spacial score (nSPS) is 9.94. The third-order valence-electron chi connectivity index (χ3n) is 4.93. The maximum absolute atomic E-state index is 2.32. The summed E-state index contributed by atoms with van der Waals surface area (Å²) in [7, 11) is 0. The highest BCUT2D eigenvalue weighted by molar-refractivity contribution is 6.20. The van der Waals surface area contributed by atoms with Gasteiger partial charge in [-0.2, -0.15) is 0 Å². The second-order valence-corrected chi connectivity index (χ2v) is 7.50. The molecule has 0 aliphatic heterocycles. The van der Waals surface area contributed by atoms with E-state index in [1.54, 1.807) is 0 Å². The zero-order valence-corrected chi connectivity index (χ0v) is 22.3. The summed E-state index contributed by atoms with van der Waals surface area (Å²) >= 11 is 0. The molecule has 0 N–H and O–H groups in total. The van der Waals surface area contributed by atoms with Crippen molar-refractivity contribution in [3.63, 3.8) is 0 Å². The van der Waals surface area contributed by atoms with Gasteiger partial charge in [0.1, 0.15) is 0 Å². The van der Waals surface area contributed by atoms with Crippen LogP contribution in [0.2, 0.25) is 0 Å². The van der Waals surface area contributed by atoms with E-state index in [1.807, 2.05) is 55.4 Å². The van der Waals surface area contributed by atoms with Crippen LogP contribution in [0, 0.1) is 6.92 Å². The molecular formula is C31H46. The van der Waals surface area contributed by atoms with Crippen molar-refractivity contribution in [2.24, 2.45) is 0 Å². The lowest BCUT2D eigenvalue weighted by molar-refractivity contribution is 0.593. The van der Waals surface area contributed by atoms with Crippen molar-refractivity contribution in [1.29, 1.82) is 0 Å². The van der Waals surface area contributed by atoms with Crippen molar-refractivity contribution >= 4 is 32.3 Å². The fourth-order valence-electron chi connectivity index (χ4n) is 4.07. The molecule has 4 aromatic carbocycles. The van der Waals surface area contributed by atoms with Gasteiger partial charge in [-0.05, 0) is 55.8 Å². The number of hydrogen-bond acceptors (Lipinski definition) is 0. The first kappa shape index (κ1) is 28.7. The van der Waals surface area contributed by atoms with Crippen LogP contribution in [0.4, 0.5) is 0 Å². The Morgan fingerprint density at radius 2 is 0.935 bits per heavy atom. The van der Waals surface area contributed by atoms with Gasteiger partial charge in [-0.15, -0.1) is 0 Å². The molecule has 31 heavy (non-hydrogen) atoms. The van der Waals surface area contributed by atoms with Crippen molar-refractivity contribution in [1.82, 2.24) is 0 Å². The van der Waals surface area contributed by atoms with Gasteiger partial charge in [0.25, 0.3) is 0 Å². The quantitative estimate of drug-likeness (QED) is 0.249. The van der Waals surface area contributed by atoms with E-state index in [1.165, 1.54) is 43.4 Å². The molecule has 0 nitrogen and oxygen atoms in total. The molecule has 0 saturated carbocycles. The molecule has 0 aromatic heterocycles. The van der Waals surface area contributed by atoms with Gasteiger partial charge in [0.2, 0.25) is 0 Å². The van der Waals surface area contributed by atoms with E-state index in [0.29, 0.717) is 0 Å². The van der Waals surface area contributed by atoms with Crippen LogP contribution in [0.3, 0.4) is 0 Å². The highest BCUT2D eigenvalue weighted by Gasteiger charge is 2.23. The van der Waals surface area contributed by atoms with Gasteiger partial charge in [0.15, 0.2) is 0 Å². The number of rotatable bonds is 0. The first-order valence-corrected chi connectivity index (χ1v) is 12.3. The van der Waals surface area contributed by atoms with E-state index in [9.17, 15) is 0 Å². The predicted molar refractivity (Wildman–Crippen MR) is 148 cm³/mol. The summed E-state index contributed by atoms with van der Waals surface area (Å²) in [6.07, 6.45) is 0. The molecule has 0 atom stereocenters. The van der Waals surface area contributed by atoms with Gasteiger partial charge in [-0.1, -0.05) is 137 Å². The van der Waals surface area contributed by atoms with E-state index in [4.69, 9.17) is 0 Å². The summed E-state index contributed by atoms with van der Waals surface area (Å²) < 4.78 is 0. The molecule has 4 aromatic rings. The summed E-state index contributed by atoms with van der Waals surface area (Å²) in [5.41, 5.74) is 3.00. The monoisotopic (exact) mass is 418 g/mol. The van der Waals surface area contributed by atoms with Crippen LogP contribution < -0.4 is 0 Å². The second kappa shape index (κ2) is 13.9. The Morgan fingerprint density at radius 3 is 1.45 bits per heavy atom. The molecule has 0 aliphatic rings. The molecule has 4 rings (SSSR count). The van der Waals surface area contributed by atoms with Gasteiger partial charge in [0, 0.05) is 0 Å². The van der Waals surface area contributed by atoms with Crippen molar-refractivity contribution in [2.75, 3.05) is 0 Å². The average Bonchev–Trinajstić information content (AvgIpc) is 2.83. The zero-order valence-electron chi connectivity index (χ0n) is 22.3. The van der Waals surface area contributed by atoms with Crippen LogP contribution in [-0.2, 0) is 5.41 Å². The predicted octanol–water partition coefficient (Wildman–Crippen LogP) is 10.9. The molecule has 0 radical (unpaired) electrons. The van der Waals surface area contributed by atoms with Crippen LogP contribution in [0.5, 0.6) is 0 Å². The molecule has 0 amide bonds. The fraction of sp³-hybridized carbons (Fsp3) is 0.419. The molecule has 0 fully saturated rings. The van der Waals surface area contributed by atoms with Gasteiger partial charge in [-0.25, -0.2) is 0 Å². The summed E-state index contributed by atoms with van der Waals surface area (Å²) in [5, 5.41) is 8.21. The maximum Gasteiger partial charge on any atom is -0.00589 e. The minimum atomic E-state index is 0.108. The lowest BCUT2D eigenvalue weighted by atomic mass is 9.77. The van der Waals surface area contributed by atoms with E-state index in [0.717, 1.165) is 0 Å². The molecule has 0 heteroatoms. The molecule has 0 unspecified atom stereocenters. The van der Waals surface area contributed by atoms with Crippen molar-refractivity contribution in [3.05, 3.63) is 71.8 Å². The fourth-order valence-corrected chi connectivity index (χ4v) is 4.07.